The molecule has 0 bridgehead atoms. The molecular formula is C15H17N7O2. The molecule has 0 aliphatic rings. The molecule has 1 amide bonds. The summed E-state index contributed by atoms with van der Waals surface area (Å²) in [5, 5.41) is 27.6. The van der Waals surface area contributed by atoms with Crippen molar-refractivity contribution >= 4 is 5.91 Å². The molecule has 3 aromatic rings. The number of tetrazole rings is 1. The van der Waals surface area contributed by atoms with Crippen LogP contribution in [0.2, 0.25) is 0 Å². The number of rotatable bonds is 6. The Morgan fingerprint density at radius 3 is 2.88 bits per heavy atom. The molecular weight excluding hydrogens is 310 g/mol. The molecule has 2 N–H and O–H groups in total. The summed E-state index contributed by atoms with van der Waals surface area (Å²) in [6, 6.07) is 10.9. The molecule has 124 valence electrons. The third kappa shape index (κ3) is 3.46. The lowest BCUT2D eigenvalue weighted by atomic mass is 10.1. The van der Waals surface area contributed by atoms with E-state index < -0.39 is 6.10 Å². The van der Waals surface area contributed by atoms with Gasteiger partial charge in [-0.05, 0) is 22.4 Å². The summed E-state index contributed by atoms with van der Waals surface area (Å²) < 4.78 is 1.35. The normalized spacial score (nSPS) is 12.1. The van der Waals surface area contributed by atoms with Crippen LogP contribution in [-0.2, 0) is 0 Å². The van der Waals surface area contributed by atoms with E-state index in [9.17, 15) is 9.90 Å². The number of amides is 1. The summed E-state index contributed by atoms with van der Waals surface area (Å²) in [6.45, 7) is 0.411. The zero-order chi connectivity index (χ0) is 16.9. The Labute approximate surface area is 137 Å². The van der Waals surface area contributed by atoms with E-state index in [-0.39, 0.29) is 5.91 Å². The topological polar surface area (TPSA) is 113 Å². The number of benzene rings is 1. The number of hydrogen-bond acceptors (Lipinski definition) is 6. The van der Waals surface area contributed by atoms with Gasteiger partial charge in [0.1, 0.15) is 12.0 Å². The fourth-order valence-corrected chi connectivity index (χ4v) is 2.27. The van der Waals surface area contributed by atoms with Crippen LogP contribution >= 0.6 is 0 Å². The van der Waals surface area contributed by atoms with Crippen molar-refractivity contribution in [3.8, 4) is 5.82 Å². The molecule has 0 saturated carbocycles. The Morgan fingerprint density at radius 2 is 2.17 bits per heavy atom. The van der Waals surface area contributed by atoms with E-state index >= 15 is 0 Å². The molecule has 2 aromatic heterocycles. The monoisotopic (exact) mass is 327 g/mol. The summed E-state index contributed by atoms with van der Waals surface area (Å²) in [7, 11) is 1.68. The number of aliphatic hydroxyl groups excluding tert-OH is 1. The predicted molar refractivity (Wildman–Crippen MR) is 84.3 cm³/mol. The maximum absolute atomic E-state index is 12.4. The molecule has 3 rings (SSSR count). The fraction of sp³-hybridized carbons (Fsp3) is 0.267. The van der Waals surface area contributed by atoms with Gasteiger partial charge >= 0.3 is 0 Å². The first kappa shape index (κ1) is 15.8. The summed E-state index contributed by atoms with van der Waals surface area (Å²) >= 11 is 0. The number of nitrogens with one attached hydrogen (secondary N) is 1. The van der Waals surface area contributed by atoms with Gasteiger partial charge in [0.05, 0.1) is 6.10 Å². The van der Waals surface area contributed by atoms with Crippen LogP contribution in [0.4, 0.5) is 0 Å². The zero-order valence-electron chi connectivity index (χ0n) is 13.1. The number of aromatic amines is 1. The van der Waals surface area contributed by atoms with Gasteiger partial charge in [-0.3, -0.25) is 9.89 Å². The van der Waals surface area contributed by atoms with Gasteiger partial charge in [0, 0.05) is 19.7 Å². The van der Waals surface area contributed by atoms with Crippen LogP contribution in [0.25, 0.3) is 5.82 Å². The van der Waals surface area contributed by atoms with Gasteiger partial charge in [0.2, 0.25) is 0 Å². The molecule has 2 heterocycles. The number of hydrogen-bond donors (Lipinski definition) is 2. The second kappa shape index (κ2) is 7.01. The van der Waals surface area contributed by atoms with Crippen LogP contribution < -0.4 is 0 Å². The average Bonchev–Trinajstić information content (AvgIpc) is 3.30. The highest BCUT2D eigenvalue weighted by Gasteiger charge is 2.17. The van der Waals surface area contributed by atoms with Crippen molar-refractivity contribution in [3.63, 3.8) is 0 Å². The Morgan fingerprint density at radius 1 is 1.38 bits per heavy atom. The third-order valence-corrected chi connectivity index (χ3v) is 3.65. The Bertz CT molecular complexity index is 785. The minimum absolute atomic E-state index is 0.220. The molecule has 0 fully saturated rings. The number of aliphatic hydroxyl groups is 1. The first-order valence-electron chi connectivity index (χ1n) is 7.42. The van der Waals surface area contributed by atoms with E-state index in [4.69, 9.17) is 0 Å². The highest BCUT2D eigenvalue weighted by atomic mass is 16.3. The number of H-pyrrole nitrogens is 1. The molecule has 0 spiro atoms. The fourth-order valence-electron chi connectivity index (χ4n) is 2.27. The first-order chi connectivity index (χ1) is 11.6. The van der Waals surface area contributed by atoms with Gasteiger partial charge in [0.15, 0.2) is 5.82 Å². The molecule has 0 aliphatic carbocycles. The van der Waals surface area contributed by atoms with E-state index in [1.54, 1.807) is 13.1 Å². The average molecular weight is 327 g/mol. The highest BCUT2D eigenvalue weighted by molar-refractivity contribution is 5.92. The Balaban J connectivity index is 1.59. The second-order valence-electron chi connectivity index (χ2n) is 5.34. The van der Waals surface area contributed by atoms with Gasteiger partial charge in [-0.2, -0.15) is 9.78 Å². The molecule has 0 radical (unpaired) electrons. The Hall–Kier alpha value is -3.07. The van der Waals surface area contributed by atoms with E-state index in [1.165, 1.54) is 15.9 Å². The van der Waals surface area contributed by atoms with Gasteiger partial charge in [-0.15, -0.1) is 5.10 Å². The van der Waals surface area contributed by atoms with Crippen LogP contribution in [0.15, 0.2) is 42.7 Å². The van der Waals surface area contributed by atoms with Gasteiger partial charge < -0.3 is 10.0 Å². The lowest BCUT2D eigenvalue weighted by molar-refractivity contribution is 0.0755. The maximum Gasteiger partial charge on any atom is 0.271 e. The van der Waals surface area contributed by atoms with Crippen molar-refractivity contribution < 1.29 is 9.90 Å². The van der Waals surface area contributed by atoms with Crippen molar-refractivity contribution in [1.29, 1.82) is 0 Å². The van der Waals surface area contributed by atoms with Crippen molar-refractivity contribution in [1.82, 2.24) is 35.3 Å². The molecule has 1 unspecified atom stereocenters. The van der Waals surface area contributed by atoms with E-state index in [2.05, 4.69) is 25.7 Å². The molecule has 1 aromatic carbocycles. The third-order valence-electron chi connectivity index (χ3n) is 3.65. The second-order valence-corrected chi connectivity index (χ2v) is 5.34. The van der Waals surface area contributed by atoms with Crippen molar-refractivity contribution in [2.45, 2.75) is 12.5 Å². The number of carbonyl (C=O) groups is 1. The SMILES string of the molecule is CN(CCC(O)c1ccccc1)C(=O)c1cc(-n2cnnn2)n[nH]1. The van der Waals surface area contributed by atoms with Crippen LogP contribution in [0, 0.1) is 0 Å². The first-order valence-corrected chi connectivity index (χ1v) is 7.42. The van der Waals surface area contributed by atoms with Gasteiger partial charge in [0.25, 0.3) is 5.91 Å². The lowest BCUT2D eigenvalue weighted by Crippen LogP contribution is -2.29. The standard InChI is InChI=1S/C15H17N7O2/c1-21(8-7-13(23)11-5-3-2-4-6-11)15(24)12-9-14(18-17-12)22-10-16-19-20-22/h2-6,9-10,13,23H,7-8H2,1H3,(H,17,18). The minimum Gasteiger partial charge on any atom is -0.388 e. The van der Waals surface area contributed by atoms with Crippen LogP contribution in [0.5, 0.6) is 0 Å². The van der Waals surface area contributed by atoms with Crippen LogP contribution in [0.1, 0.15) is 28.6 Å². The van der Waals surface area contributed by atoms with E-state index in [0.717, 1.165) is 5.56 Å². The van der Waals surface area contributed by atoms with Gasteiger partial charge in [-0.25, -0.2) is 0 Å². The highest BCUT2D eigenvalue weighted by Crippen LogP contribution is 2.16. The smallest absolute Gasteiger partial charge is 0.271 e. The molecule has 1 atom stereocenters. The molecule has 9 heteroatoms. The summed E-state index contributed by atoms with van der Waals surface area (Å²) in [5.41, 5.74) is 1.16. The minimum atomic E-state index is -0.611. The van der Waals surface area contributed by atoms with Crippen molar-refractivity contribution in [2.75, 3.05) is 13.6 Å². The summed E-state index contributed by atoms with van der Waals surface area (Å²) in [4.78, 5) is 13.9. The lowest BCUT2D eigenvalue weighted by Gasteiger charge is -2.18. The van der Waals surface area contributed by atoms with Gasteiger partial charge in [-0.1, -0.05) is 30.3 Å². The quantitative estimate of drug-likeness (QED) is 0.685. The van der Waals surface area contributed by atoms with Crippen LogP contribution in [-0.4, -0.2) is 59.9 Å². The maximum atomic E-state index is 12.4. The molecule has 0 aliphatic heterocycles. The number of carbonyl (C=O) groups excluding carboxylic acids is 1. The molecule has 24 heavy (non-hydrogen) atoms. The van der Waals surface area contributed by atoms with E-state index in [1.807, 2.05) is 30.3 Å². The van der Waals surface area contributed by atoms with Crippen molar-refractivity contribution in [3.05, 3.63) is 54.0 Å². The number of aromatic nitrogens is 6. The Kier molecular flexibility index (Phi) is 4.62. The molecule has 0 saturated heterocycles. The van der Waals surface area contributed by atoms with Crippen LogP contribution in [0.3, 0.4) is 0 Å². The summed E-state index contributed by atoms with van der Waals surface area (Å²) in [5.74, 6) is 0.211. The van der Waals surface area contributed by atoms with E-state index in [0.29, 0.717) is 24.5 Å². The largest absolute Gasteiger partial charge is 0.388 e. The zero-order valence-corrected chi connectivity index (χ0v) is 13.1. The summed E-state index contributed by atoms with van der Waals surface area (Å²) in [6.07, 6.45) is 1.23. The predicted octanol–water partition coefficient (Wildman–Crippen LogP) is 0.581. The van der Waals surface area contributed by atoms with Crippen molar-refractivity contribution in [2.24, 2.45) is 0 Å². The number of nitrogens with zero attached hydrogens (tertiary/aromatic N) is 6. The molecule has 9 nitrogen and oxygen atoms in total.